The van der Waals surface area contributed by atoms with Crippen molar-refractivity contribution in [3.8, 4) is 11.5 Å². The second-order valence-corrected chi connectivity index (χ2v) is 6.98. The van der Waals surface area contributed by atoms with Crippen LogP contribution in [0.3, 0.4) is 0 Å². The summed E-state index contributed by atoms with van der Waals surface area (Å²) in [4.78, 5) is 7.35. The molecule has 0 saturated carbocycles. The van der Waals surface area contributed by atoms with Gasteiger partial charge in [-0.25, -0.2) is 4.98 Å². The average molecular weight is 327 g/mol. The molecule has 0 unspecified atom stereocenters. The van der Waals surface area contributed by atoms with Gasteiger partial charge in [-0.05, 0) is 6.07 Å². The Labute approximate surface area is 143 Å². The van der Waals surface area contributed by atoms with Gasteiger partial charge in [-0.3, -0.25) is 4.90 Å². The fourth-order valence-corrected chi connectivity index (χ4v) is 3.75. The third kappa shape index (κ3) is 2.67. The number of hydrogen-bond acceptors (Lipinski definition) is 4. The molecular formula is C19H25N3O2. The second-order valence-electron chi connectivity index (χ2n) is 6.98. The van der Waals surface area contributed by atoms with E-state index in [1.807, 2.05) is 6.07 Å². The van der Waals surface area contributed by atoms with Crippen LogP contribution in [-0.2, 0) is 26.6 Å². The standard InChI is InChI=1S/C19H25N3O2/c1-13(2)19-20-15-12-22(8-7-16(15)21(19)3)11-14-5-4-6-17-18(14)24-10-9-23-17/h4-6,13H,7-12H2,1-3H3. The molecule has 3 heterocycles. The summed E-state index contributed by atoms with van der Waals surface area (Å²) in [5.74, 6) is 3.44. The van der Waals surface area contributed by atoms with Crippen LogP contribution in [0.4, 0.5) is 0 Å². The van der Waals surface area contributed by atoms with Gasteiger partial charge in [0.2, 0.25) is 0 Å². The van der Waals surface area contributed by atoms with Gasteiger partial charge in [0, 0.05) is 50.3 Å². The summed E-state index contributed by atoms with van der Waals surface area (Å²) in [5.41, 5.74) is 3.83. The van der Waals surface area contributed by atoms with Crippen LogP contribution in [0.1, 0.15) is 42.5 Å². The first-order valence-corrected chi connectivity index (χ1v) is 8.77. The Morgan fingerprint density at radius 2 is 2.04 bits per heavy atom. The van der Waals surface area contributed by atoms with Crippen LogP contribution < -0.4 is 9.47 Å². The summed E-state index contributed by atoms with van der Waals surface area (Å²) in [6.45, 7) is 8.51. The van der Waals surface area contributed by atoms with Crippen molar-refractivity contribution in [2.75, 3.05) is 19.8 Å². The maximum atomic E-state index is 5.85. The highest BCUT2D eigenvalue weighted by Crippen LogP contribution is 2.35. The molecule has 2 aliphatic heterocycles. The number of imidazole rings is 1. The van der Waals surface area contributed by atoms with Crippen molar-refractivity contribution in [3.05, 3.63) is 41.0 Å². The molecule has 0 bridgehead atoms. The Morgan fingerprint density at radius 3 is 2.88 bits per heavy atom. The van der Waals surface area contributed by atoms with Crippen molar-refractivity contribution in [3.63, 3.8) is 0 Å². The van der Waals surface area contributed by atoms with E-state index >= 15 is 0 Å². The maximum absolute atomic E-state index is 5.85. The number of benzene rings is 1. The van der Waals surface area contributed by atoms with Gasteiger partial charge in [0.25, 0.3) is 0 Å². The molecule has 4 rings (SSSR count). The fraction of sp³-hybridized carbons (Fsp3) is 0.526. The lowest BCUT2D eigenvalue weighted by atomic mass is 10.1. The SMILES string of the molecule is CC(C)c1nc2c(n1C)CCN(Cc1cccc3c1OCCO3)C2. The molecule has 5 nitrogen and oxygen atoms in total. The molecule has 2 aliphatic rings. The Kier molecular flexibility index (Phi) is 3.96. The third-order valence-corrected chi connectivity index (χ3v) is 4.93. The van der Waals surface area contributed by atoms with Gasteiger partial charge < -0.3 is 14.0 Å². The summed E-state index contributed by atoms with van der Waals surface area (Å²) < 4.78 is 13.8. The minimum absolute atomic E-state index is 0.459. The van der Waals surface area contributed by atoms with Gasteiger partial charge in [-0.15, -0.1) is 0 Å². The summed E-state index contributed by atoms with van der Waals surface area (Å²) >= 11 is 0. The fourth-order valence-electron chi connectivity index (χ4n) is 3.75. The van der Waals surface area contributed by atoms with Crippen molar-refractivity contribution in [1.82, 2.24) is 14.5 Å². The minimum Gasteiger partial charge on any atom is -0.486 e. The van der Waals surface area contributed by atoms with Gasteiger partial charge >= 0.3 is 0 Å². The Balaban J connectivity index is 1.55. The molecule has 0 spiro atoms. The van der Waals surface area contributed by atoms with Crippen molar-refractivity contribution in [1.29, 1.82) is 0 Å². The van der Waals surface area contributed by atoms with Crippen LogP contribution in [0, 0.1) is 0 Å². The van der Waals surface area contributed by atoms with Gasteiger partial charge in [0.15, 0.2) is 11.5 Å². The van der Waals surface area contributed by atoms with Crippen LogP contribution >= 0.6 is 0 Å². The highest BCUT2D eigenvalue weighted by molar-refractivity contribution is 5.47. The van der Waals surface area contributed by atoms with E-state index in [2.05, 4.69) is 42.5 Å². The molecule has 0 amide bonds. The van der Waals surface area contributed by atoms with Crippen LogP contribution in [-0.4, -0.2) is 34.2 Å². The maximum Gasteiger partial charge on any atom is 0.165 e. The monoisotopic (exact) mass is 327 g/mol. The van der Waals surface area contributed by atoms with E-state index in [0.29, 0.717) is 19.1 Å². The molecule has 0 N–H and O–H groups in total. The lowest BCUT2D eigenvalue weighted by Crippen LogP contribution is -2.31. The number of nitrogens with zero attached hydrogens (tertiary/aromatic N) is 3. The van der Waals surface area contributed by atoms with E-state index in [1.54, 1.807) is 0 Å². The molecule has 0 fully saturated rings. The zero-order valence-electron chi connectivity index (χ0n) is 14.7. The highest BCUT2D eigenvalue weighted by atomic mass is 16.6. The number of para-hydroxylation sites is 1. The normalized spacial score (nSPS) is 17.2. The molecule has 0 atom stereocenters. The molecule has 1 aromatic carbocycles. The quantitative estimate of drug-likeness (QED) is 0.869. The number of rotatable bonds is 3. The summed E-state index contributed by atoms with van der Waals surface area (Å²) in [7, 11) is 2.15. The Bertz CT molecular complexity index is 751. The first-order chi connectivity index (χ1) is 11.6. The Hall–Kier alpha value is -2.01. The first-order valence-electron chi connectivity index (χ1n) is 8.77. The first kappa shape index (κ1) is 15.5. The van der Waals surface area contributed by atoms with Gasteiger partial charge in [-0.2, -0.15) is 0 Å². The summed E-state index contributed by atoms with van der Waals surface area (Å²) in [6.07, 6.45) is 1.05. The zero-order chi connectivity index (χ0) is 16.7. The lowest BCUT2D eigenvalue weighted by molar-refractivity contribution is 0.165. The summed E-state index contributed by atoms with van der Waals surface area (Å²) in [5, 5.41) is 0. The minimum atomic E-state index is 0.459. The van der Waals surface area contributed by atoms with E-state index in [9.17, 15) is 0 Å². The van der Waals surface area contributed by atoms with E-state index < -0.39 is 0 Å². The number of aromatic nitrogens is 2. The number of fused-ring (bicyclic) bond motifs is 2. The van der Waals surface area contributed by atoms with Gasteiger partial charge in [0.05, 0.1) is 5.69 Å². The van der Waals surface area contributed by atoms with Gasteiger partial charge in [-0.1, -0.05) is 26.0 Å². The predicted octanol–water partition coefficient (Wildman–Crippen LogP) is 2.87. The second kappa shape index (κ2) is 6.13. The predicted molar refractivity (Wildman–Crippen MR) is 92.5 cm³/mol. The largest absolute Gasteiger partial charge is 0.486 e. The molecule has 24 heavy (non-hydrogen) atoms. The molecule has 2 aromatic rings. The molecule has 0 saturated heterocycles. The highest BCUT2D eigenvalue weighted by Gasteiger charge is 2.25. The molecular weight excluding hydrogens is 302 g/mol. The van der Waals surface area contributed by atoms with Crippen LogP contribution in [0.25, 0.3) is 0 Å². The van der Waals surface area contributed by atoms with E-state index in [-0.39, 0.29) is 0 Å². The molecule has 1 aromatic heterocycles. The topological polar surface area (TPSA) is 39.5 Å². The van der Waals surface area contributed by atoms with Crippen molar-refractivity contribution in [2.45, 2.75) is 39.3 Å². The molecule has 5 heteroatoms. The van der Waals surface area contributed by atoms with Crippen molar-refractivity contribution in [2.24, 2.45) is 7.05 Å². The summed E-state index contributed by atoms with van der Waals surface area (Å²) in [6, 6.07) is 6.18. The van der Waals surface area contributed by atoms with Crippen LogP contribution in [0.2, 0.25) is 0 Å². The van der Waals surface area contributed by atoms with E-state index in [4.69, 9.17) is 14.5 Å². The number of hydrogen-bond donors (Lipinski definition) is 0. The van der Waals surface area contributed by atoms with Crippen molar-refractivity contribution < 1.29 is 9.47 Å². The smallest absolute Gasteiger partial charge is 0.165 e. The van der Waals surface area contributed by atoms with E-state index in [1.165, 1.54) is 22.8 Å². The number of ether oxygens (including phenoxy) is 2. The molecule has 128 valence electrons. The zero-order valence-corrected chi connectivity index (χ0v) is 14.7. The van der Waals surface area contributed by atoms with Crippen LogP contribution in [0.5, 0.6) is 11.5 Å². The lowest BCUT2D eigenvalue weighted by Gasteiger charge is -2.28. The molecule has 0 aliphatic carbocycles. The average Bonchev–Trinajstić information content (AvgIpc) is 2.92. The van der Waals surface area contributed by atoms with Gasteiger partial charge in [0.1, 0.15) is 19.0 Å². The van der Waals surface area contributed by atoms with E-state index in [0.717, 1.165) is 37.6 Å². The molecule has 0 radical (unpaired) electrons. The van der Waals surface area contributed by atoms with Crippen LogP contribution in [0.15, 0.2) is 18.2 Å². The van der Waals surface area contributed by atoms with Crippen molar-refractivity contribution >= 4 is 0 Å². The Morgan fingerprint density at radius 1 is 1.21 bits per heavy atom. The third-order valence-electron chi connectivity index (χ3n) is 4.93.